The van der Waals surface area contributed by atoms with E-state index in [0.717, 1.165) is 0 Å². The van der Waals surface area contributed by atoms with Crippen LogP contribution in [-0.4, -0.2) is 17.8 Å². The lowest BCUT2D eigenvalue weighted by molar-refractivity contribution is 0.0921. The van der Waals surface area contributed by atoms with Crippen LogP contribution in [0, 0.1) is 11.7 Å². The maximum atomic E-state index is 13.6. The van der Waals surface area contributed by atoms with Gasteiger partial charge in [0.05, 0.1) is 5.56 Å². The molecule has 0 saturated carbocycles. The van der Waals surface area contributed by atoms with Crippen LogP contribution in [0.4, 0.5) is 4.39 Å². The minimum Gasteiger partial charge on any atom is -0.349 e. The van der Waals surface area contributed by atoms with E-state index in [0.29, 0.717) is 16.8 Å². The number of carbonyl (C=O) groups excluding carboxylic acids is 1. The summed E-state index contributed by atoms with van der Waals surface area (Å²) in [6.07, 6.45) is 0.670. The largest absolute Gasteiger partial charge is 0.349 e. The van der Waals surface area contributed by atoms with Gasteiger partial charge in [0.25, 0.3) is 5.91 Å². The fourth-order valence-corrected chi connectivity index (χ4v) is 2.18. The van der Waals surface area contributed by atoms with E-state index in [1.807, 2.05) is 13.8 Å². The van der Waals surface area contributed by atoms with E-state index in [4.69, 9.17) is 11.6 Å². The molecule has 1 N–H and O–H groups in total. The highest BCUT2D eigenvalue weighted by molar-refractivity contribution is 9.10. The number of nitrogens with one attached hydrogen (secondary N) is 1. The van der Waals surface area contributed by atoms with Crippen molar-refractivity contribution in [3.63, 3.8) is 0 Å². The molecule has 1 aromatic rings. The molecule has 0 aliphatic heterocycles. The smallest absolute Gasteiger partial charge is 0.254 e. The Kier molecular flexibility index (Phi) is 6.09. The zero-order chi connectivity index (χ0) is 13.7. The van der Waals surface area contributed by atoms with Crippen LogP contribution < -0.4 is 5.32 Å². The Morgan fingerprint density at radius 2 is 2.17 bits per heavy atom. The molecule has 2 nitrogen and oxygen atoms in total. The van der Waals surface area contributed by atoms with Gasteiger partial charge in [0.2, 0.25) is 0 Å². The molecule has 100 valence electrons. The van der Waals surface area contributed by atoms with Gasteiger partial charge in [0.1, 0.15) is 5.82 Å². The van der Waals surface area contributed by atoms with E-state index in [1.165, 1.54) is 12.1 Å². The lowest BCUT2D eigenvalue weighted by Gasteiger charge is -2.21. The summed E-state index contributed by atoms with van der Waals surface area (Å²) in [7, 11) is 0. The van der Waals surface area contributed by atoms with Gasteiger partial charge in [-0.1, -0.05) is 29.8 Å². The highest BCUT2D eigenvalue weighted by Gasteiger charge is 2.18. The predicted octanol–water partition coefficient (Wildman–Crippen LogP) is 3.97. The van der Waals surface area contributed by atoms with Gasteiger partial charge in [-0.25, -0.2) is 4.39 Å². The number of rotatable bonds is 5. The normalized spacial score (nSPS) is 12.6. The molecule has 0 heterocycles. The fraction of sp³-hybridized carbons (Fsp3) is 0.462. The van der Waals surface area contributed by atoms with Gasteiger partial charge in [-0.2, -0.15) is 0 Å². The lowest BCUT2D eigenvalue weighted by Crippen LogP contribution is -2.39. The first-order valence-electron chi connectivity index (χ1n) is 5.77. The molecule has 0 radical (unpaired) electrons. The fourth-order valence-electron chi connectivity index (χ4n) is 1.61. The summed E-state index contributed by atoms with van der Waals surface area (Å²) < 4.78 is 14.2. The van der Waals surface area contributed by atoms with Crippen LogP contribution in [0.5, 0.6) is 0 Å². The minimum absolute atomic E-state index is 0.0435. The first kappa shape index (κ1) is 15.4. The van der Waals surface area contributed by atoms with Crippen LogP contribution in [0.25, 0.3) is 0 Å². The molecule has 0 aliphatic carbocycles. The third-order valence-electron chi connectivity index (χ3n) is 2.72. The Hall–Kier alpha value is -0.610. The summed E-state index contributed by atoms with van der Waals surface area (Å²) in [5, 5.41) is 2.82. The molecule has 18 heavy (non-hydrogen) atoms. The topological polar surface area (TPSA) is 29.1 Å². The van der Waals surface area contributed by atoms with Crippen LogP contribution >= 0.6 is 27.5 Å². The molecule has 1 aromatic carbocycles. The third kappa shape index (κ3) is 4.25. The summed E-state index contributed by atoms with van der Waals surface area (Å²) in [6, 6.07) is 4.34. The zero-order valence-corrected chi connectivity index (χ0v) is 12.7. The molecule has 1 unspecified atom stereocenters. The zero-order valence-electron chi connectivity index (χ0n) is 10.3. The molecule has 1 amide bonds. The molecule has 0 saturated heterocycles. The van der Waals surface area contributed by atoms with Crippen LogP contribution in [-0.2, 0) is 0 Å². The number of amides is 1. The Labute approximate surface area is 120 Å². The number of hydrogen-bond acceptors (Lipinski definition) is 1. The van der Waals surface area contributed by atoms with Gasteiger partial charge in [0, 0.05) is 16.4 Å². The molecule has 5 heteroatoms. The number of halogens is 3. The number of alkyl halides is 1. The van der Waals surface area contributed by atoms with Gasteiger partial charge in [-0.15, -0.1) is 11.6 Å². The molecule has 0 fully saturated rings. The SMILES string of the molecule is CC(C)C(CCCl)NC(=O)c1ccc(Br)cc1F. The van der Waals surface area contributed by atoms with E-state index >= 15 is 0 Å². The summed E-state index contributed by atoms with van der Waals surface area (Å²) in [5.41, 5.74) is 0.0541. The average molecular weight is 337 g/mol. The number of benzene rings is 1. The molecule has 0 spiro atoms. The predicted molar refractivity (Wildman–Crippen MR) is 75.5 cm³/mol. The Bertz CT molecular complexity index is 425. The van der Waals surface area contributed by atoms with Crippen molar-refractivity contribution in [2.75, 3.05) is 5.88 Å². The van der Waals surface area contributed by atoms with Gasteiger partial charge in [-0.05, 0) is 30.5 Å². The monoisotopic (exact) mass is 335 g/mol. The molecule has 0 bridgehead atoms. The average Bonchev–Trinajstić information content (AvgIpc) is 2.27. The van der Waals surface area contributed by atoms with Crippen LogP contribution in [0.15, 0.2) is 22.7 Å². The molecule has 1 rings (SSSR count). The van der Waals surface area contributed by atoms with Crippen molar-refractivity contribution in [3.05, 3.63) is 34.1 Å². The number of carbonyl (C=O) groups is 1. The van der Waals surface area contributed by atoms with Crippen LogP contribution in [0.3, 0.4) is 0 Å². The summed E-state index contributed by atoms with van der Waals surface area (Å²) in [6.45, 7) is 3.99. The van der Waals surface area contributed by atoms with Crippen LogP contribution in [0.2, 0.25) is 0 Å². The third-order valence-corrected chi connectivity index (χ3v) is 3.43. The summed E-state index contributed by atoms with van der Waals surface area (Å²) in [4.78, 5) is 12.0. The standard InChI is InChI=1S/C13H16BrClFNO/c1-8(2)12(5-6-15)17-13(18)10-4-3-9(14)7-11(10)16/h3-4,7-8,12H,5-6H2,1-2H3,(H,17,18). The van der Waals surface area contributed by atoms with Crippen molar-refractivity contribution >= 4 is 33.4 Å². The van der Waals surface area contributed by atoms with E-state index in [1.54, 1.807) is 6.07 Å². The van der Waals surface area contributed by atoms with Gasteiger partial charge in [-0.3, -0.25) is 4.79 Å². The highest BCUT2D eigenvalue weighted by Crippen LogP contribution is 2.16. The van der Waals surface area contributed by atoms with Crippen molar-refractivity contribution in [1.82, 2.24) is 5.32 Å². The number of hydrogen-bond donors (Lipinski definition) is 1. The van der Waals surface area contributed by atoms with Gasteiger partial charge < -0.3 is 5.32 Å². The second-order valence-corrected chi connectivity index (χ2v) is 5.72. The van der Waals surface area contributed by atoms with Crippen molar-refractivity contribution in [3.8, 4) is 0 Å². The van der Waals surface area contributed by atoms with Crippen molar-refractivity contribution in [1.29, 1.82) is 0 Å². The lowest BCUT2D eigenvalue weighted by atomic mass is 10.0. The van der Waals surface area contributed by atoms with E-state index in [-0.39, 0.29) is 17.5 Å². The molecule has 0 aromatic heterocycles. The maximum absolute atomic E-state index is 13.6. The van der Waals surface area contributed by atoms with Gasteiger partial charge in [0.15, 0.2) is 0 Å². The quantitative estimate of drug-likeness (QED) is 0.810. The highest BCUT2D eigenvalue weighted by atomic mass is 79.9. The van der Waals surface area contributed by atoms with Crippen molar-refractivity contribution in [2.45, 2.75) is 26.3 Å². The summed E-state index contributed by atoms with van der Waals surface area (Å²) >= 11 is 8.85. The first-order chi connectivity index (χ1) is 8.45. The van der Waals surface area contributed by atoms with Crippen molar-refractivity contribution in [2.24, 2.45) is 5.92 Å². The molecular formula is C13H16BrClFNO. The molecular weight excluding hydrogens is 321 g/mol. The maximum Gasteiger partial charge on any atom is 0.254 e. The van der Waals surface area contributed by atoms with Crippen LogP contribution in [0.1, 0.15) is 30.6 Å². The van der Waals surface area contributed by atoms with E-state index in [9.17, 15) is 9.18 Å². The van der Waals surface area contributed by atoms with Crippen molar-refractivity contribution < 1.29 is 9.18 Å². The summed E-state index contributed by atoms with van der Waals surface area (Å²) in [5.74, 6) is -0.211. The van der Waals surface area contributed by atoms with E-state index in [2.05, 4.69) is 21.2 Å². The second-order valence-electron chi connectivity index (χ2n) is 4.43. The first-order valence-corrected chi connectivity index (χ1v) is 7.10. The molecule has 1 atom stereocenters. The van der Waals surface area contributed by atoms with E-state index < -0.39 is 11.7 Å². The van der Waals surface area contributed by atoms with Gasteiger partial charge >= 0.3 is 0 Å². The Morgan fingerprint density at radius 3 is 2.67 bits per heavy atom. The molecule has 0 aliphatic rings. The Morgan fingerprint density at radius 1 is 1.50 bits per heavy atom. The second kappa shape index (κ2) is 7.10. The minimum atomic E-state index is -0.532. The Balaban J connectivity index is 2.80.